The minimum atomic E-state index is -0.888. The Kier molecular flexibility index (Phi) is 8.74. The minimum absolute atomic E-state index is 0.0162. The van der Waals surface area contributed by atoms with E-state index in [4.69, 9.17) is 28.9 Å². The maximum Gasteiger partial charge on any atom is 0.240 e. The second-order valence-corrected chi connectivity index (χ2v) is 11.3. The van der Waals surface area contributed by atoms with E-state index in [1.807, 2.05) is 72.8 Å². The first kappa shape index (κ1) is 28.1. The van der Waals surface area contributed by atoms with Gasteiger partial charge in [-0.15, -0.1) is 0 Å². The first-order chi connectivity index (χ1) is 19.3. The van der Waals surface area contributed by atoms with Crippen LogP contribution in [0.25, 0.3) is 0 Å². The lowest BCUT2D eigenvalue weighted by molar-refractivity contribution is -0.142. The van der Waals surface area contributed by atoms with Gasteiger partial charge in [-0.3, -0.25) is 14.4 Å². The third-order valence-corrected chi connectivity index (χ3v) is 8.28. The van der Waals surface area contributed by atoms with Gasteiger partial charge in [0.2, 0.25) is 17.7 Å². The van der Waals surface area contributed by atoms with E-state index < -0.39 is 6.04 Å². The molecule has 2 N–H and O–H groups in total. The predicted octanol–water partition coefficient (Wildman–Crippen LogP) is 4.45. The molecule has 7 nitrogen and oxygen atoms in total. The third-order valence-electron chi connectivity index (χ3n) is 7.77. The molecule has 40 heavy (non-hydrogen) atoms. The van der Waals surface area contributed by atoms with E-state index in [2.05, 4.69) is 0 Å². The van der Waals surface area contributed by atoms with Crippen molar-refractivity contribution in [2.24, 2.45) is 5.73 Å². The van der Waals surface area contributed by atoms with Crippen LogP contribution in [-0.2, 0) is 27.5 Å². The summed E-state index contributed by atoms with van der Waals surface area (Å²) in [4.78, 5) is 44.5. The van der Waals surface area contributed by atoms with Gasteiger partial charge in [0.1, 0.15) is 0 Å². The standard InChI is InChI=1S/C31H32Cl2N4O3/c32-25-9-5-21(6-10-25)27(22-7-11-26(33)12-8-22)17-29(38)35-13-15-36(16-14-35)30(39)18-28(34)31(40)37-19-23-3-1-2-4-24(23)20-37/h1-12,27-28H,13-20,34H2/t28-/m0/s1. The van der Waals surface area contributed by atoms with Gasteiger partial charge in [0.15, 0.2) is 0 Å². The number of rotatable bonds is 7. The Balaban J connectivity index is 1.15. The SMILES string of the molecule is N[C@@H](CC(=O)N1CCN(C(=O)CC(c2ccc(Cl)cc2)c2ccc(Cl)cc2)CC1)C(=O)N1Cc2ccccc2C1. The second-order valence-electron chi connectivity index (χ2n) is 10.4. The van der Waals surface area contributed by atoms with E-state index in [0.717, 1.165) is 22.3 Å². The molecule has 0 bridgehead atoms. The van der Waals surface area contributed by atoms with Crippen molar-refractivity contribution in [1.82, 2.24) is 14.7 Å². The van der Waals surface area contributed by atoms with Crippen LogP contribution in [0, 0.1) is 0 Å². The Morgan fingerprint density at radius 2 is 1.07 bits per heavy atom. The third kappa shape index (κ3) is 6.49. The molecule has 2 aliphatic rings. The highest BCUT2D eigenvalue weighted by molar-refractivity contribution is 6.30. The lowest BCUT2D eigenvalue weighted by atomic mass is 9.88. The average Bonchev–Trinajstić information content (AvgIpc) is 3.41. The number of benzene rings is 3. The van der Waals surface area contributed by atoms with Gasteiger partial charge in [0.25, 0.3) is 0 Å². The fraction of sp³-hybridized carbons (Fsp3) is 0.323. The lowest BCUT2D eigenvalue weighted by Gasteiger charge is -2.36. The Morgan fingerprint density at radius 3 is 1.52 bits per heavy atom. The minimum Gasteiger partial charge on any atom is -0.339 e. The summed E-state index contributed by atoms with van der Waals surface area (Å²) in [6, 6.07) is 22.1. The highest BCUT2D eigenvalue weighted by atomic mass is 35.5. The second kappa shape index (κ2) is 12.4. The maximum atomic E-state index is 13.4. The number of hydrogen-bond acceptors (Lipinski definition) is 4. The van der Waals surface area contributed by atoms with Crippen LogP contribution in [0.2, 0.25) is 10.0 Å². The Hall–Kier alpha value is -3.39. The maximum absolute atomic E-state index is 13.4. The zero-order valence-electron chi connectivity index (χ0n) is 22.1. The summed E-state index contributed by atoms with van der Waals surface area (Å²) in [7, 11) is 0. The number of carbonyl (C=O) groups is 3. The first-order valence-electron chi connectivity index (χ1n) is 13.5. The van der Waals surface area contributed by atoms with Crippen LogP contribution in [0.4, 0.5) is 0 Å². The number of hydrogen-bond donors (Lipinski definition) is 1. The Labute approximate surface area is 244 Å². The molecule has 0 aliphatic carbocycles. The zero-order valence-corrected chi connectivity index (χ0v) is 23.7. The van der Waals surface area contributed by atoms with Crippen LogP contribution >= 0.6 is 23.2 Å². The van der Waals surface area contributed by atoms with Crippen molar-refractivity contribution in [2.75, 3.05) is 26.2 Å². The molecule has 3 amide bonds. The summed E-state index contributed by atoms with van der Waals surface area (Å²) < 4.78 is 0. The largest absolute Gasteiger partial charge is 0.339 e. The molecule has 0 aromatic heterocycles. The van der Waals surface area contributed by atoms with Crippen LogP contribution in [0.3, 0.4) is 0 Å². The Bertz CT molecular complexity index is 1300. The van der Waals surface area contributed by atoms with Crippen LogP contribution in [0.15, 0.2) is 72.8 Å². The molecule has 208 valence electrons. The fourth-order valence-electron chi connectivity index (χ4n) is 5.46. The molecular weight excluding hydrogens is 547 g/mol. The van der Waals surface area contributed by atoms with Gasteiger partial charge in [0, 0.05) is 61.7 Å². The molecule has 0 radical (unpaired) electrons. The smallest absolute Gasteiger partial charge is 0.240 e. The lowest BCUT2D eigenvalue weighted by Crippen LogP contribution is -2.52. The van der Waals surface area contributed by atoms with Gasteiger partial charge in [0.05, 0.1) is 12.5 Å². The summed E-state index contributed by atoms with van der Waals surface area (Å²) in [5, 5.41) is 1.27. The molecule has 0 unspecified atom stereocenters. The van der Waals surface area contributed by atoms with Crippen LogP contribution in [0.1, 0.15) is 41.0 Å². The summed E-state index contributed by atoms with van der Waals surface area (Å²) in [5.74, 6) is -0.511. The van der Waals surface area contributed by atoms with E-state index in [-0.39, 0.29) is 36.5 Å². The molecule has 2 aliphatic heterocycles. The summed E-state index contributed by atoms with van der Waals surface area (Å²) in [6.07, 6.45) is 0.240. The Morgan fingerprint density at radius 1 is 0.650 bits per heavy atom. The summed E-state index contributed by atoms with van der Waals surface area (Å²) in [5.41, 5.74) is 10.4. The number of amides is 3. The van der Waals surface area contributed by atoms with Gasteiger partial charge in [-0.2, -0.15) is 0 Å². The van der Waals surface area contributed by atoms with Gasteiger partial charge in [-0.05, 0) is 46.5 Å². The van der Waals surface area contributed by atoms with Gasteiger partial charge < -0.3 is 20.4 Å². The monoisotopic (exact) mass is 578 g/mol. The van der Waals surface area contributed by atoms with E-state index in [1.54, 1.807) is 14.7 Å². The van der Waals surface area contributed by atoms with Crippen molar-refractivity contribution in [3.05, 3.63) is 105 Å². The highest BCUT2D eigenvalue weighted by Crippen LogP contribution is 2.31. The molecular formula is C31H32Cl2N4O3. The summed E-state index contributed by atoms with van der Waals surface area (Å²) in [6.45, 7) is 2.72. The van der Waals surface area contributed by atoms with Gasteiger partial charge in [-0.25, -0.2) is 0 Å². The van der Waals surface area contributed by atoms with Crippen LogP contribution in [-0.4, -0.2) is 64.6 Å². The zero-order chi connectivity index (χ0) is 28.2. The first-order valence-corrected chi connectivity index (χ1v) is 14.2. The molecule has 1 atom stereocenters. The molecule has 3 aromatic carbocycles. The molecule has 1 saturated heterocycles. The molecule has 9 heteroatoms. The molecule has 3 aromatic rings. The number of nitrogens with two attached hydrogens (primary N) is 1. The van der Waals surface area contributed by atoms with Gasteiger partial charge >= 0.3 is 0 Å². The molecule has 0 saturated carbocycles. The van der Waals surface area contributed by atoms with E-state index >= 15 is 0 Å². The number of halogens is 2. The average molecular weight is 580 g/mol. The predicted molar refractivity (Wildman–Crippen MR) is 156 cm³/mol. The van der Waals surface area contributed by atoms with Crippen LogP contribution in [0.5, 0.6) is 0 Å². The van der Waals surface area contributed by atoms with Crippen molar-refractivity contribution >= 4 is 40.9 Å². The van der Waals surface area contributed by atoms with Crippen molar-refractivity contribution in [3.8, 4) is 0 Å². The number of fused-ring (bicyclic) bond motifs is 1. The topological polar surface area (TPSA) is 87.0 Å². The number of nitrogens with zero attached hydrogens (tertiary/aromatic N) is 3. The molecule has 2 heterocycles. The highest BCUT2D eigenvalue weighted by Gasteiger charge is 2.31. The van der Waals surface area contributed by atoms with Crippen molar-refractivity contribution in [2.45, 2.75) is 37.9 Å². The van der Waals surface area contributed by atoms with Crippen molar-refractivity contribution < 1.29 is 14.4 Å². The molecule has 0 spiro atoms. The van der Waals surface area contributed by atoms with E-state index in [0.29, 0.717) is 49.3 Å². The molecule has 5 rings (SSSR count). The van der Waals surface area contributed by atoms with E-state index in [9.17, 15) is 14.4 Å². The van der Waals surface area contributed by atoms with Crippen LogP contribution < -0.4 is 5.73 Å². The van der Waals surface area contributed by atoms with Crippen molar-refractivity contribution in [3.63, 3.8) is 0 Å². The quantitative estimate of drug-likeness (QED) is 0.449. The normalized spacial score (nSPS) is 15.8. The fourth-order valence-corrected chi connectivity index (χ4v) is 5.71. The van der Waals surface area contributed by atoms with E-state index in [1.165, 1.54) is 0 Å². The number of carbonyl (C=O) groups excluding carboxylic acids is 3. The molecule has 1 fully saturated rings. The van der Waals surface area contributed by atoms with Gasteiger partial charge in [-0.1, -0.05) is 71.7 Å². The van der Waals surface area contributed by atoms with Crippen molar-refractivity contribution in [1.29, 1.82) is 0 Å². The number of piperazine rings is 1. The summed E-state index contributed by atoms with van der Waals surface area (Å²) >= 11 is 12.2.